The maximum absolute atomic E-state index is 12.7. The van der Waals surface area contributed by atoms with Crippen molar-refractivity contribution >= 4 is 29.5 Å². The summed E-state index contributed by atoms with van der Waals surface area (Å²) >= 11 is 6.93. The second-order valence-corrected chi connectivity index (χ2v) is 7.41. The van der Waals surface area contributed by atoms with Gasteiger partial charge in [0.25, 0.3) is 0 Å². The van der Waals surface area contributed by atoms with E-state index in [4.69, 9.17) is 12.2 Å². The van der Waals surface area contributed by atoms with E-state index >= 15 is 0 Å². The van der Waals surface area contributed by atoms with Crippen LogP contribution < -0.4 is 5.32 Å². The molecule has 7 heteroatoms. The lowest BCUT2D eigenvalue weighted by molar-refractivity contribution is -0.124. The van der Waals surface area contributed by atoms with Gasteiger partial charge in [0.1, 0.15) is 6.04 Å². The Morgan fingerprint density at radius 2 is 2.17 bits per heavy atom. The Morgan fingerprint density at radius 3 is 2.83 bits per heavy atom. The second-order valence-electron chi connectivity index (χ2n) is 6.07. The quantitative estimate of drug-likeness (QED) is 0.645. The van der Waals surface area contributed by atoms with Crippen molar-refractivity contribution in [2.45, 2.75) is 57.5 Å². The molecule has 1 fully saturated rings. The lowest BCUT2D eigenvalue weighted by Crippen LogP contribution is -2.38. The Labute approximate surface area is 145 Å². The van der Waals surface area contributed by atoms with Crippen molar-refractivity contribution < 1.29 is 4.79 Å². The van der Waals surface area contributed by atoms with E-state index in [9.17, 15) is 4.79 Å². The first-order valence-electron chi connectivity index (χ1n) is 8.18. The summed E-state index contributed by atoms with van der Waals surface area (Å²) in [5.41, 5.74) is 0. The smallest absolute Gasteiger partial charge is 0.243 e. The third-order valence-corrected chi connectivity index (χ3v) is 5.57. The predicted octanol–water partition coefficient (Wildman–Crippen LogP) is 4.07. The zero-order valence-electron chi connectivity index (χ0n) is 13.2. The number of H-pyrrole nitrogens is 1. The number of nitrogens with one attached hydrogen (secondary N) is 2. The van der Waals surface area contributed by atoms with Gasteiger partial charge in [-0.3, -0.25) is 14.5 Å². The first-order valence-corrected chi connectivity index (χ1v) is 9.47. The first-order chi connectivity index (χ1) is 11.2. The molecule has 1 atom stereocenters. The van der Waals surface area contributed by atoms with Gasteiger partial charge in [-0.15, -0.1) is 11.3 Å². The monoisotopic (exact) mass is 350 g/mol. The molecule has 0 saturated heterocycles. The van der Waals surface area contributed by atoms with E-state index in [0.717, 1.165) is 23.5 Å². The highest BCUT2D eigenvalue weighted by Crippen LogP contribution is 2.26. The molecular weight excluding hydrogens is 328 g/mol. The fourth-order valence-corrected chi connectivity index (χ4v) is 4.11. The number of thiophene rings is 1. The molecule has 2 heterocycles. The second kappa shape index (κ2) is 7.40. The molecule has 0 spiro atoms. The molecule has 0 bridgehead atoms. The van der Waals surface area contributed by atoms with Crippen LogP contribution in [0, 0.1) is 4.77 Å². The average molecular weight is 351 g/mol. The van der Waals surface area contributed by atoms with Crippen LogP contribution in [0.4, 0.5) is 0 Å². The van der Waals surface area contributed by atoms with Crippen molar-refractivity contribution in [3.8, 4) is 10.7 Å². The topological polar surface area (TPSA) is 62.7 Å². The molecule has 2 aromatic heterocycles. The number of carbonyl (C=O) groups is 1. The number of amides is 1. The van der Waals surface area contributed by atoms with Gasteiger partial charge in [0.05, 0.1) is 4.88 Å². The summed E-state index contributed by atoms with van der Waals surface area (Å²) in [6, 6.07) is 3.88. The number of nitrogens with zero attached hydrogens (tertiary/aromatic N) is 2. The summed E-state index contributed by atoms with van der Waals surface area (Å²) in [6.07, 6.45) is 7.10. The zero-order valence-corrected chi connectivity index (χ0v) is 14.9. The van der Waals surface area contributed by atoms with Crippen LogP contribution in [-0.2, 0) is 4.79 Å². The van der Waals surface area contributed by atoms with Crippen molar-refractivity contribution in [2.75, 3.05) is 0 Å². The molecule has 1 aliphatic rings. The Morgan fingerprint density at radius 1 is 1.43 bits per heavy atom. The van der Waals surface area contributed by atoms with Crippen molar-refractivity contribution in [3.63, 3.8) is 0 Å². The number of aromatic amines is 1. The minimum Gasteiger partial charge on any atom is -0.352 e. The van der Waals surface area contributed by atoms with E-state index in [1.165, 1.54) is 25.7 Å². The summed E-state index contributed by atoms with van der Waals surface area (Å²) < 4.78 is 2.30. The van der Waals surface area contributed by atoms with Crippen molar-refractivity contribution in [1.29, 1.82) is 0 Å². The van der Waals surface area contributed by atoms with E-state index in [-0.39, 0.29) is 11.9 Å². The third kappa shape index (κ3) is 3.72. The Bertz CT molecular complexity index is 696. The van der Waals surface area contributed by atoms with Gasteiger partial charge in [0, 0.05) is 6.04 Å². The summed E-state index contributed by atoms with van der Waals surface area (Å²) in [5.74, 6) is 0.751. The zero-order chi connectivity index (χ0) is 16.2. The minimum atomic E-state index is -0.374. The lowest BCUT2D eigenvalue weighted by atomic mass is 10.1. The van der Waals surface area contributed by atoms with Gasteiger partial charge in [-0.25, -0.2) is 0 Å². The van der Waals surface area contributed by atoms with Crippen molar-refractivity contribution in [3.05, 3.63) is 22.3 Å². The van der Waals surface area contributed by atoms with Crippen LogP contribution in [0.25, 0.3) is 10.7 Å². The highest BCUT2D eigenvalue weighted by atomic mass is 32.1. The van der Waals surface area contributed by atoms with Gasteiger partial charge >= 0.3 is 0 Å². The van der Waals surface area contributed by atoms with Crippen LogP contribution in [-0.4, -0.2) is 26.7 Å². The number of carbonyl (C=O) groups excluding carboxylic acids is 1. The molecule has 1 aliphatic carbocycles. The highest BCUT2D eigenvalue weighted by molar-refractivity contribution is 7.71. The summed E-state index contributed by atoms with van der Waals surface area (Å²) in [4.78, 5) is 13.7. The Balaban J connectivity index is 1.77. The molecule has 23 heavy (non-hydrogen) atoms. The normalized spacial score (nSPS) is 17.6. The van der Waals surface area contributed by atoms with E-state index in [2.05, 4.69) is 15.5 Å². The lowest BCUT2D eigenvalue weighted by Gasteiger charge is -2.20. The number of rotatable bonds is 4. The summed E-state index contributed by atoms with van der Waals surface area (Å²) in [7, 11) is 0. The largest absolute Gasteiger partial charge is 0.352 e. The minimum absolute atomic E-state index is 0.0206. The first kappa shape index (κ1) is 16.4. The molecule has 1 amide bonds. The summed E-state index contributed by atoms with van der Waals surface area (Å²) in [5, 5.41) is 12.3. The molecule has 1 saturated carbocycles. The van der Waals surface area contributed by atoms with Crippen LogP contribution in [0.5, 0.6) is 0 Å². The molecule has 0 aliphatic heterocycles. The van der Waals surface area contributed by atoms with Crippen molar-refractivity contribution in [2.24, 2.45) is 0 Å². The van der Waals surface area contributed by atoms with Gasteiger partial charge in [-0.1, -0.05) is 31.7 Å². The highest BCUT2D eigenvalue weighted by Gasteiger charge is 2.23. The summed E-state index contributed by atoms with van der Waals surface area (Å²) in [6.45, 7) is 1.88. The predicted molar refractivity (Wildman–Crippen MR) is 95.1 cm³/mol. The number of aromatic nitrogens is 3. The Hall–Kier alpha value is -1.47. The van der Waals surface area contributed by atoms with E-state index in [1.807, 2.05) is 29.0 Å². The van der Waals surface area contributed by atoms with Gasteiger partial charge in [-0.2, -0.15) is 5.10 Å². The molecule has 0 aromatic carbocycles. The standard InChI is InChI=1S/C16H22N4OS2/c1-11(15(21)17-12-7-4-2-3-5-8-12)20-14(18-19-16(20)22)13-9-6-10-23-13/h6,9-12H,2-5,7-8H2,1H3,(H,17,21)(H,19,22)/t11-/m0/s1. The fraction of sp³-hybridized carbons (Fsp3) is 0.562. The van der Waals surface area contributed by atoms with Gasteiger partial charge in [0.2, 0.25) is 5.91 Å². The molecule has 5 nitrogen and oxygen atoms in total. The van der Waals surface area contributed by atoms with Gasteiger partial charge in [-0.05, 0) is 43.4 Å². The van der Waals surface area contributed by atoms with Crippen LogP contribution >= 0.6 is 23.6 Å². The van der Waals surface area contributed by atoms with E-state index in [1.54, 1.807) is 11.3 Å². The van der Waals surface area contributed by atoms with Gasteiger partial charge < -0.3 is 5.32 Å². The molecule has 124 valence electrons. The number of hydrogen-bond donors (Lipinski definition) is 2. The van der Waals surface area contributed by atoms with E-state index < -0.39 is 0 Å². The third-order valence-electron chi connectivity index (χ3n) is 4.41. The van der Waals surface area contributed by atoms with Crippen LogP contribution in [0.1, 0.15) is 51.5 Å². The molecule has 0 radical (unpaired) electrons. The molecule has 3 rings (SSSR count). The molecule has 0 unspecified atom stereocenters. The fourth-order valence-electron chi connectivity index (χ4n) is 3.11. The molecule has 2 aromatic rings. The average Bonchev–Trinajstić information content (AvgIpc) is 3.12. The van der Waals surface area contributed by atoms with E-state index in [0.29, 0.717) is 10.8 Å². The van der Waals surface area contributed by atoms with Crippen molar-refractivity contribution in [1.82, 2.24) is 20.1 Å². The maximum Gasteiger partial charge on any atom is 0.243 e. The molecular formula is C16H22N4OS2. The maximum atomic E-state index is 12.7. The van der Waals surface area contributed by atoms with Gasteiger partial charge in [0.15, 0.2) is 10.6 Å². The SMILES string of the molecule is C[C@@H](C(=O)NC1CCCCCC1)n1c(-c2cccs2)n[nH]c1=S. The van der Waals surface area contributed by atoms with Crippen LogP contribution in [0.15, 0.2) is 17.5 Å². The van der Waals surface area contributed by atoms with Crippen LogP contribution in [0.2, 0.25) is 0 Å². The van der Waals surface area contributed by atoms with Crippen LogP contribution in [0.3, 0.4) is 0 Å². The molecule has 2 N–H and O–H groups in total. The Kier molecular flexibility index (Phi) is 5.27. The number of hydrogen-bond acceptors (Lipinski definition) is 4.